The predicted molar refractivity (Wildman–Crippen MR) is 85.7 cm³/mol. The zero-order chi connectivity index (χ0) is 19.0. The maximum atomic E-state index is 12.0. The fourth-order valence-corrected chi connectivity index (χ4v) is 2.47. The molecule has 3 aromatic rings. The Hall–Kier alpha value is -4.09. The molecule has 0 N–H and O–H groups in total. The van der Waals surface area contributed by atoms with E-state index in [-0.39, 0.29) is 17.0 Å². The van der Waals surface area contributed by atoms with Crippen LogP contribution in [0.25, 0.3) is 11.0 Å². The minimum Gasteiger partial charge on any atom is -0.359 e. The number of nitro groups is 2. The maximum absolute atomic E-state index is 12.0. The number of hydrogen-bond acceptors (Lipinski definition) is 8. The molecule has 3 rings (SSSR count). The highest BCUT2D eigenvalue weighted by Crippen LogP contribution is 2.41. The van der Waals surface area contributed by atoms with Crippen molar-refractivity contribution in [3.8, 4) is 0 Å². The van der Waals surface area contributed by atoms with Gasteiger partial charge >= 0.3 is 16.9 Å². The van der Waals surface area contributed by atoms with Crippen molar-refractivity contribution < 1.29 is 24.2 Å². The summed E-state index contributed by atoms with van der Waals surface area (Å²) >= 11 is 0. The summed E-state index contributed by atoms with van der Waals surface area (Å²) in [6, 6.07) is 6.94. The van der Waals surface area contributed by atoms with Crippen LogP contribution in [0.15, 0.2) is 35.0 Å². The molecule has 1 aromatic heterocycles. The van der Waals surface area contributed by atoms with Crippen LogP contribution in [-0.4, -0.2) is 21.4 Å². The van der Waals surface area contributed by atoms with Gasteiger partial charge in [-0.3, -0.25) is 34.6 Å². The fraction of sp³-hybridized carbons (Fsp3) is 0.0714. The van der Waals surface area contributed by atoms with E-state index in [1.807, 2.05) is 0 Å². The lowest BCUT2D eigenvalue weighted by Crippen LogP contribution is -2.27. The van der Waals surface area contributed by atoms with Crippen LogP contribution in [0.2, 0.25) is 0 Å². The summed E-state index contributed by atoms with van der Waals surface area (Å²) in [7, 11) is 0. The van der Waals surface area contributed by atoms with E-state index in [0.29, 0.717) is 6.07 Å². The van der Waals surface area contributed by atoms with Crippen molar-refractivity contribution >= 4 is 40.2 Å². The second kappa shape index (κ2) is 6.08. The molecule has 0 aliphatic carbocycles. The molecule has 2 aromatic carbocycles. The molecule has 0 saturated carbocycles. The van der Waals surface area contributed by atoms with E-state index in [4.69, 9.17) is 0 Å². The fourth-order valence-electron chi connectivity index (χ4n) is 2.47. The van der Waals surface area contributed by atoms with E-state index >= 15 is 0 Å². The van der Waals surface area contributed by atoms with Crippen molar-refractivity contribution in [2.24, 2.45) is 0 Å². The number of rotatable bonds is 5. The lowest BCUT2D eigenvalue weighted by atomic mass is 10.1. The molecule has 0 bridgehead atoms. The summed E-state index contributed by atoms with van der Waals surface area (Å²) in [4.78, 5) is 33.0. The van der Waals surface area contributed by atoms with Crippen molar-refractivity contribution in [2.45, 2.75) is 6.92 Å². The van der Waals surface area contributed by atoms with E-state index < -0.39 is 37.9 Å². The Morgan fingerprint density at radius 2 is 1.77 bits per heavy atom. The topological polar surface area (TPSA) is 160 Å². The van der Waals surface area contributed by atoms with E-state index in [1.165, 1.54) is 12.1 Å². The predicted octanol–water partition coefficient (Wildman–Crippen LogP) is 1.88. The summed E-state index contributed by atoms with van der Waals surface area (Å²) in [5.74, 6) is 0. The molecule has 0 unspecified atom stereocenters. The largest absolute Gasteiger partial charge is 0.359 e. The van der Waals surface area contributed by atoms with Crippen molar-refractivity contribution in [3.63, 3.8) is 0 Å². The average Bonchev–Trinajstić information content (AvgIpc) is 2.98. The van der Waals surface area contributed by atoms with Crippen LogP contribution < -0.4 is 9.80 Å². The molecular weight excluding hydrogens is 350 g/mol. The van der Waals surface area contributed by atoms with Gasteiger partial charge in [-0.25, -0.2) is 0 Å². The number of carbonyl (C=O) groups is 1. The van der Waals surface area contributed by atoms with Gasteiger partial charge in [-0.2, -0.15) is 0 Å². The Morgan fingerprint density at radius 3 is 2.31 bits per heavy atom. The summed E-state index contributed by atoms with van der Waals surface area (Å²) < 4.78 is 4.37. The lowest BCUT2D eigenvalue weighted by molar-refractivity contribution is -0.782. The zero-order valence-electron chi connectivity index (χ0n) is 13.1. The molecule has 132 valence electrons. The van der Waals surface area contributed by atoms with Crippen LogP contribution in [0, 0.1) is 32.4 Å². The molecule has 1 amide bonds. The SMILES string of the molecule is Cc1ccc(N(C=O)c2c([N+](=O)[O-])cc([N+](=O)[O-])c3no[n+]([O-])c23)cc1. The molecule has 0 fully saturated rings. The molecule has 12 heteroatoms. The van der Waals surface area contributed by atoms with Gasteiger partial charge in [0.2, 0.25) is 6.41 Å². The Labute approximate surface area is 143 Å². The van der Waals surface area contributed by atoms with Gasteiger partial charge in [0.25, 0.3) is 5.52 Å². The molecule has 0 radical (unpaired) electrons. The number of non-ortho nitro benzene ring substituents is 1. The van der Waals surface area contributed by atoms with Crippen molar-refractivity contribution in [1.29, 1.82) is 0 Å². The first kappa shape index (κ1) is 16.8. The Morgan fingerprint density at radius 1 is 1.15 bits per heavy atom. The quantitative estimate of drug-likeness (QED) is 0.289. The molecule has 0 atom stereocenters. The third-order valence-electron chi connectivity index (χ3n) is 3.65. The number of nitro benzene ring substituents is 2. The third-order valence-corrected chi connectivity index (χ3v) is 3.65. The minimum absolute atomic E-state index is 0.213. The molecule has 1 heterocycles. The number of aromatic nitrogens is 2. The molecular formula is C14H9N5O7. The summed E-state index contributed by atoms with van der Waals surface area (Å²) in [5, 5.41) is 37.9. The molecule has 0 aliphatic rings. The smallest absolute Gasteiger partial charge is 0.334 e. The minimum atomic E-state index is -0.932. The Balaban J connectivity index is 2.41. The summed E-state index contributed by atoms with van der Waals surface area (Å²) in [6.07, 6.45) is 0.255. The van der Waals surface area contributed by atoms with E-state index in [2.05, 4.69) is 9.79 Å². The second-order valence-corrected chi connectivity index (χ2v) is 5.22. The van der Waals surface area contributed by atoms with Crippen molar-refractivity contribution in [3.05, 3.63) is 61.3 Å². The molecule has 12 nitrogen and oxygen atoms in total. The van der Waals surface area contributed by atoms with Gasteiger partial charge in [-0.1, -0.05) is 17.7 Å². The molecule has 0 saturated heterocycles. The number of hydrogen-bond donors (Lipinski definition) is 0. The van der Waals surface area contributed by atoms with Gasteiger partial charge < -0.3 is 5.21 Å². The number of anilines is 2. The zero-order valence-corrected chi connectivity index (χ0v) is 13.1. The summed E-state index contributed by atoms with van der Waals surface area (Å²) in [6.45, 7) is 1.80. The van der Waals surface area contributed by atoms with Crippen LogP contribution >= 0.6 is 0 Å². The summed E-state index contributed by atoms with van der Waals surface area (Å²) in [5.41, 5.74) is -2.11. The van der Waals surface area contributed by atoms with Gasteiger partial charge in [0.05, 0.1) is 15.0 Å². The maximum Gasteiger partial charge on any atom is 0.334 e. The highest BCUT2D eigenvalue weighted by molar-refractivity contribution is 6.04. The van der Waals surface area contributed by atoms with Crippen LogP contribution in [0.5, 0.6) is 0 Å². The van der Waals surface area contributed by atoms with E-state index in [9.17, 15) is 30.2 Å². The van der Waals surface area contributed by atoms with Gasteiger partial charge in [0.1, 0.15) is 6.07 Å². The Bertz CT molecular complexity index is 1040. The van der Waals surface area contributed by atoms with Crippen LogP contribution in [0.1, 0.15) is 5.56 Å². The lowest BCUT2D eigenvalue weighted by Gasteiger charge is -2.17. The van der Waals surface area contributed by atoms with Crippen molar-refractivity contribution in [1.82, 2.24) is 5.16 Å². The van der Waals surface area contributed by atoms with Crippen LogP contribution in [-0.2, 0) is 4.79 Å². The highest BCUT2D eigenvalue weighted by Gasteiger charge is 2.37. The number of fused-ring (bicyclic) bond motifs is 1. The standard InChI is InChI=1S/C14H9N5O7/c1-8-2-4-9(5-3-8)16(7-20)13-11(18(23)24)6-10(17(21)22)12-14(13)19(25)26-15-12/h2-7H,1H3. The van der Waals surface area contributed by atoms with Gasteiger partial charge in [0.15, 0.2) is 5.69 Å². The number of nitrogens with zero attached hydrogens (tertiary/aromatic N) is 5. The number of aryl methyl sites for hydroxylation is 1. The number of benzene rings is 2. The first-order valence-corrected chi connectivity index (χ1v) is 7.01. The molecule has 0 aliphatic heterocycles. The first-order chi connectivity index (χ1) is 12.3. The molecule has 0 spiro atoms. The first-order valence-electron chi connectivity index (χ1n) is 7.01. The number of amides is 1. The van der Waals surface area contributed by atoms with E-state index in [1.54, 1.807) is 19.1 Å². The van der Waals surface area contributed by atoms with Crippen LogP contribution in [0.3, 0.4) is 0 Å². The van der Waals surface area contributed by atoms with Gasteiger partial charge in [-0.05, 0) is 24.0 Å². The normalized spacial score (nSPS) is 10.7. The highest BCUT2D eigenvalue weighted by atomic mass is 16.8. The van der Waals surface area contributed by atoms with Crippen LogP contribution in [0.4, 0.5) is 22.7 Å². The average molecular weight is 359 g/mol. The Kier molecular flexibility index (Phi) is 3.92. The monoisotopic (exact) mass is 359 g/mol. The van der Waals surface area contributed by atoms with E-state index in [0.717, 1.165) is 10.5 Å². The second-order valence-electron chi connectivity index (χ2n) is 5.22. The molecule has 26 heavy (non-hydrogen) atoms. The van der Waals surface area contributed by atoms with Crippen molar-refractivity contribution in [2.75, 3.05) is 4.90 Å². The third kappa shape index (κ3) is 2.54. The number of carbonyl (C=O) groups excluding carboxylic acids is 1. The van der Waals surface area contributed by atoms with Gasteiger partial charge in [-0.15, -0.1) is 0 Å². The van der Waals surface area contributed by atoms with Gasteiger partial charge in [0, 0.05) is 5.69 Å².